The molecular weight excluding hydrogens is 336 g/mol. The Kier molecular flexibility index (Phi) is 5.10. The molecule has 1 aromatic heterocycles. The number of aromatic nitrogens is 2. The number of nitrogens with one attached hydrogen (secondary N) is 1. The maximum absolute atomic E-state index is 12.5. The van der Waals surface area contributed by atoms with Crippen LogP contribution >= 0.6 is 0 Å². The van der Waals surface area contributed by atoms with E-state index in [1.165, 1.54) is 0 Å². The van der Waals surface area contributed by atoms with Gasteiger partial charge in [-0.3, -0.25) is 4.79 Å². The first-order valence-corrected chi connectivity index (χ1v) is 9.29. The fraction of sp³-hybridized carbons (Fsp3) is 0.227. The van der Waals surface area contributed by atoms with Crippen molar-refractivity contribution in [2.45, 2.75) is 12.8 Å². The smallest absolute Gasteiger partial charge is 0.227 e. The molecule has 1 aliphatic rings. The minimum atomic E-state index is 0.0398. The van der Waals surface area contributed by atoms with Crippen LogP contribution in [0, 0.1) is 5.92 Å². The van der Waals surface area contributed by atoms with Gasteiger partial charge < -0.3 is 10.2 Å². The van der Waals surface area contributed by atoms with E-state index in [4.69, 9.17) is 0 Å². The zero-order chi connectivity index (χ0) is 18.5. The zero-order valence-corrected chi connectivity index (χ0v) is 15.1. The van der Waals surface area contributed by atoms with E-state index in [1.807, 2.05) is 72.8 Å². The summed E-state index contributed by atoms with van der Waals surface area (Å²) in [6.45, 7) is 1.62. The molecule has 0 atom stereocenters. The second-order valence-electron chi connectivity index (χ2n) is 6.76. The molecule has 136 valence electrons. The lowest BCUT2D eigenvalue weighted by atomic mass is 9.96. The highest BCUT2D eigenvalue weighted by Gasteiger charge is 2.25. The van der Waals surface area contributed by atoms with Crippen LogP contribution in [0.3, 0.4) is 0 Å². The monoisotopic (exact) mass is 358 g/mol. The molecule has 1 aliphatic heterocycles. The molecule has 1 fully saturated rings. The number of hydrogen-bond acceptors (Lipinski definition) is 4. The summed E-state index contributed by atoms with van der Waals surface area (Å²) in [6.07, 6.45) is 1.64. The van der Waals surface area contributed by atoms with Gasteiger partial charge >= 0.3 is 0 Å². The number of nitrogens with zero attached hydrogens (tertiary/aromatic N) is 3. The third-order valence-electron chi connectivity index (χ3n) is 4.95. The molecule has 27 heavy (non-hydrogen) atoms. The number of piperidine rings is 1. The molecule has 0 unspecified atom stereocenters. The van der Waals surface area contributed by atoms with E-state index in [0.29, 0.717) is 0 Å². The molecule has 1 amide bonds. The summed E-state index contributed by atoms with van der Waals surface area (Å²) in [5, 5.41) is 11.8. The Labute approximate surface area is 159 Å². The van der Waals surface area contributed by atoms with E-state index in [9.17, 15) is 4.79 Å². The highest BCUT2D eigenvalue weighted by molar-refractivity contribution is 5.92. The Bertz CT molecular complexity index is 873. The topological polar surface area (TPSA) is 58.1 Å². The van der Waals surface area contributed by atoms with Crippen molar-refractivity contribution in [1.82, 2.24) is 10.2 Å². The molecule has 2 heterocycles. The van der Waals surface area contributed by atoms with Crippen LogP contribution in [0.2, 0.25) is 0 Å². The highest BCUT2D eigenvalue weighted by atomic mass is 16.1. The molecule has 5 heteroatoms. The average molecular weight is 358 g/mol. The lowest BCUT2D eigenvalue weighted by Crippen LogP contribution is -2.38. The molecule has 0 spiro atoms. The van der Waals surface area contributed by atoms with E-state index in [2.05, 4.69) is 20.4 Å². The summed E-state index contributed by atoms with van der Waals surface area (Å²) in [6, 6.07) is 23.7. The molecule has 5 nitrogen and oxygen atoms in total. The maximum Gasteiger partial charge on any atom is 0.227 e. The van der Waals surface area contributed by atoms with Gasteiger partial charge in [0.05, 0.1) is 5.69 Å². The van der Waals surface area contributed by atoms with Crippen LogP contribution in [0.5, 0.6) is 0 Å². The van der Waals surface area contributed by atoms with Crippen molar-refractivity contribution >= 4 is 17.4 Å². The standard InChI is InChI=1S/C22H22N4O/c27-22(23-19-9-5-2-6-10-19)18-13-15-26(16-14-18)21-12-11-20(24-25-21)17-7-3-1-4-8-17/h1-12,18H,13-16H2,(H,23,27). The van der Waals surface area contributed by atoms with Gasteiger partial charge in [0.15, 0.2) is 5.82 Å². The molecule has 2 aromatic carbocycles. The van der Waals surface area contributed by atoms with E-state index >= 15 is 0 Å². The summed E-state index contributed by atoms with van der Waals surface area (Å²) in [5.41, 5.74) is 2.79. The van der Waals surface area contributed by atoms with E-state index in [1.54, 1.807) is 0 Å². The van der Waals surface area contributed by atoms with Gasteiger partial charge in [0.2, 0.25) is 5.91 Å². The Morgan fingerprint density at radius 2 is 1.52 bits per heavy atom. The lowest BCUT2D eigenvalue weighted by Gasteiger charge is -2.31. The summed E-state index contributed by atoms with van der Waals surface area (Å²) in [5.74, 6) is 1.01. The maximum atomic E-state index is 12.5. The molecule has 4 rings (SSSR count). The van der Waals surface area contributed by atoms with Crippen LogP contribution in [0.4, 0.5) is 11.5 Å². The van der Waals surface area contributed by atoms with Crippen LogP contribution < -0.4 is 10.2 Å². The van der Waals surface area contributed by atoms with Gasteiger partial charge in [-0.2, -0.15) is 0 Å². The molecule has 0 radical (unpaired) electrons. The SMILES string of the molecule is O=C(Nc1ccccc1)C1CCN(c2ccc(-c3ccccc3)nn2)CC1. The number of carbonyl (C=O) groups is 1. The minimum Gasteiger partial charge on any atom is -0.355 e. The Morgan fingerprint density at radius 3 is 2.15 bits per heavy atom. The third kappa shape index (κ3) is 4.14. The quantitative estimate of drug-likeness (QED) is 0.766. The van der Waals surface area contributed by atoms with Gasteiger partial charge in [-0.25, -0.2) is 0 Å². The Balaban J connectivity index is 1.34. The zero-order valence-electron chi connectivity index (χ0n) is 15.1. The first-order valence-electron chi connectivity index (χ1n) is 9.29. The molecule has 1 saturated heterocycles. The van der Waals surface area contributed by atoms with Crippen molar-refractivity contribution in [2.75, 3.05) is 23.3 Å². The molecule has 0 aliphatic carbocycles. The van der Waals surface area contributed by atoms with Crippen molar-refractivity contribution < 1.29 is 4.79 Å². The second-order valence-corrected chi connectivity index (χ2v) is 6.76. The van der Waals surface area contributed by atoms with Crippen molar-refractivity contribution in [2.24, 2.45) is 5.92 Å². The van der Waals surface area contributed by atoms with Crippen molar-refractivity contribution in [1.29, 1.82) is 0 Å². The summed E-state index contributed by atoms with van der Waals surface area (Å²) in [4.78, 5) is 14.7. The average Bonchev–Trinajstić information content (AvgIpc) is 2.75. The first kappa shape index (κ1) is 17.2. The normalized spacial score (nSPS) is 14.7. The molecule has 0 saturated carbocycles. The fourth-order valence-corrected chi connectivity index (χ4v) is 3.39. The lowest BCUT2D eigenvalue weighted by molar-refractivity contribution is -0.120. The Hall–Kier alpha value is -3.21. The number of benzene rings is 2. The van der Waals surface area contributed by atoms with Gasteiger partial charge in [-0.1, -0.05) is 48.5 Å². The largest absolute Gasteiger partial charge is 0.355 e. The highest BCUT2D eigenvalue weighted by Crippen LogP contribution is 2.24. The predicted octanol–water partition coefficient (Wildman–Crippen LogP) is 4.00. The fourth-order valence-electron chi connectivity index (χ4n) is 3.39. The predicted molar refractivity (Wildman–Crippen MR) is 107 cm³/mol. The summed E-state index contributed by atoms with van der Waals surface area (Å²) < 4.78 is 0. The van der Waals surface area contributed by atoms with E-state index in [-0.39, 0.29) is 11.8 Å². The van der Waals surface area contributed by atoms with Crippen LogP contribution in [0.15, 0.2) is 72.8 Å². The van der Waals surface area contributed by atoms with Crippen LogP contribution in [0.25, 0.3) is 11.3 Å². The summed E-state index contributed by atoms with van der Waals surface area (Å²) in [7, 11) is 0. The van der Waals surface area contributed by atoms with Crippen LogP contribution in [0.1, 0.15) is 12.8 Å². The van der Waals surface area contributed by atoms with Crippen molar-refractivity contribution in [3.8, 4) is 11.3 Å². The van der Waals surface area contributed by atoms with Crippen molar-refractivity contribution in [3.05, 3.63) is 72.8 Å². The van der Waals surface area contributed by atoms with Gasteiger partial charge in [0, 0.05) is 30.3 Å². The first-order chi connectivity index (χ1) is 13.3. The van der Waals surface area contributed by atoms with Crippen LogP contribution in [-0.2, 0) is 4.79 Å². The van der Waals surface area contributed by atoms with Gasteiger partial charge in [-0.15, -0.1) is 10.2 Å². The number of para-hydroxylation sites is 1. The summed E-state index contributed by atoms with van der Waals surface area (Å²) >= 11 is 0. The molecule has 3 aromatic rings. The van der Waals surface area contributed by atoms with Crippen molar-refractivity contribution in [3.63, 3.8) is 0 Å². The van der Waals surface area contributed by atoms with E-state index < -0.39 is 0 Å². The number of hydrogen-bond donors (Lipinski definition) is 1. The number of rotatable bonds is 4. The molecular formula is C22H22N4O. The molecule has 0 bridgehead atoms. The van der Waals surface area contributed by atoms with E-state index in [0.717, 1.165) is 48.7 Å². The minimum absolute atomic E-state index is 0.0398. The number of anilines is 2. The molecule has 1 N–H and O–H groups in total. The third-order valence-corrected chi connectivity index (χ3v) is 4.95. The Morgan fingerprint density at radius 1 is 0.852 bits per heavy atom. The van der Waals surface area contributed by atoms with Gasteiger partial charge in [-0.05, 0) is 37.1 Å². The van der Waals surface area contributed by atoms with Crippen LogP contribution in [-0.4, -0.2) is 29.2 Å². The second kappa shape index (κ2) is 7.99. The van der Waals surface area contributed by atoms with Gasteiger partial charge in [0.1, 0.15) is 0 Å². The van der Waals surface area contributed by atoms with Gasteiger partial charge in [0.25, 0.3) is 0 Å². The number of amides is 1. The number of carbonyl (C=O) groups excluding carboxylic acids is 1.